The molecule has 0 spiro atoms. The average molecular weight is 169 g/mol. The molecular formula is C4H11NO4S. The van der Waals surface area contributed by atoms with Crippen molar-refractivity contribution in [2.24, 2.45) is 0 Å². The third-order valence-corrected chi connectivity index (χ3v) is 1.68. The zero-order valence-corrected chi connectivity index (χ0v) is 6.67. The van der Waals surface area contributed by atoms with E-state index >= 15 is 0 Å². The Labute approximate surface area is 60.0 Å². The van der Waals surface area contributed by atoms with E-state index in [4.69, 9.17) is 9.66 Å². The van der Waals surface area contributed by atoms with Gasteiger partial charge in [0, 0.05) is 0 Å². The van der Waals surface area contributed by atoms with Gasteiger partial charge in [0.2, 0.25) is 0 Å². The molecule has 2 N–H and O–H groups in total. The fourth-order valence-electron chi connectivity index (χ4n) is 0.337. The van der Waals surface area contributed by atoms with Crippen molar-refractivity contribution in [2.75, 3.05) is 19.8 Å². The lowest BCUT2D eigenvalue weighted by Gasteiger charge is -2.15. The highest BCUT2D eigenvalue weighted by molar-refractivity contribution is 7.85. The molecule has 0 aromatic rings. The van der Waals surface area contributed by atoms with Gasteiger partial charge in [0.25, 0.3) is 10.1 Å². The summed E-state index contributed by atoms with van der Waals surface area (Å²) in [5.74, 6) is -0.653. The first-order valence-corrected chi connectivity index (χ1v) is 4.23. The third-order valence-electron chi connectivity index (χ3n) is 0.956. The van der Waals surface area contributed by atoms with E-state index in [-0.39, 0.29) is 0 Å². The smallest absolute Gasteiger partial charge is 0.268 e. The van der Waals surface area contributed by atoms with Crippen LogP contribution in [0.15, 0.2) is 0 Å². The van der Waals surface area contributed by atoms with Crippen molar-refractivity contribution in [3.63, 3.8) is 0 Å². The SMILES string of the molecule is CN(C)C(O)CS(=O)(=O)O. The van der Waals surface area contributed by atoms with Crippen LogP contribution in [-0.4, -0.2) is 49.1 Å². The molecule has 0 aliphatic heterocycles. The molecule has 0 aliphatic carbocycles. The van der Waals surface area contributed by atoms with Gasteiger partial charge in [-0.15, -0.1) is 0 Å². The van der Waals surface area contributed by atoms with E-state index in [0.29, 0.717) is 0 Å². The van der Waals surface area contributed by atoms with Crippen molar-refractivity contribution in [3.05, 3.63) is 0 Å². The summed E-state index contributed by atoms with van der Waals surface area (Å²) in [4.78, 5) is 1.29. The Morgan fingerprint density at radius 3 is 2.00 bits per heavy atom. The van der Waals surface area contributed by atoms with Gasteiger partial charge in [0.05, 0.1) is 0 Å². The van der Waals surface area contributed by atoms with E-state index in [2.05, 4.69) is 0 Å². The summed E-state index contributed by atoms with van der Waals surface area (Å²) in [5.41, 5.74) is 0. The van der Waals surface area contributed by atoms with E-state index in [1.165, 1.54) is 19.0 Å². The Balaban J connectivity index is 3.93. The Morgan fingerprint density at radius 2 is 1.90 bits per heavy atom. The molecule has 0 heterocycles. The summed E-state index contributed by atoms with van der Waals surface area (Å²) in [6, 6.07) is 0. The molecule has 0 saturated heterocycles. The van der Waals surface area contributed by atoms with Crippen molar-refractivity contribution in [2.45, 2.75) is 6.23 Å². The fraction of sp³-hybridized carbons (Fsp3) is 1.00. The maximum absolute atomic E-state index is 10.1. The topological polar surface area (TPSA) is 77.8 Å². The van der Waals surface area contributed by atoms with E-state index in [1.54, 1.807) is 0 Å². The standard InChI is InChI=1S/C4H11NO4S/c1-5(2)4(6)3-10(7,8)9/h4,6H,3H2,1-2H3,(H,7,8,9). The van der Waals surface area contributed by atoms with Crippen LogP contribution in [0, 0.1) is 0 Å². The second kappa shape index (κ2) is 3.29. The first-order valence-electron chi connectivity index (χ1n) is 2.62. The number of aliphatic hydroxyl groups is 1. The summed E-state index contributed by atoms with van der Waals surface area (Å²) in [6.07, 6.45) is -1.14. The van der Waals surface area contributed by atoms with Crippen LogP contribution in [0.4, 0.5) is 0 Å². The van der Waals surface area contributed by atoms with Crippen molar-refractivity contribution >= 4 is 10.1 Å². The van der Waals surface area contributed by atoms with E-state index in [1.807, 2.05) is 0 Å². The summed E-state index contributed by atoms with van der Waals surface area (Å²) < 4.78 is 28.5. The molecule has 0 fully saturated rings. The Hall–Kier alpha value is -0.170. The van der Waals surface area contributed by atoms with Crippen LogP contribution >= 0.6 is 0 Å². The van der Waals surface area contributed by atoms with Crippen molar-refractivity contribution in [1.82, 2.24) is 4.90 Å². The molecule has 0 radical (unpaired) electrons. The molecule has 1 atom stereocenters. The average Bonchev–Trinajstić information content (AvgIpc) is 1.60. The van der Waals surface area contributed by atoms with Gasteiger partial charge in [0.1, 0.15) is 12.0 Å². The quantitative estimate of drug-likeness (QED) is 0.408. The summed E-state index contributed by atoms with van der Waals surface area (Å²) >= 11 is 0. The summed E-state index contributed by atoms with van der Waals surface area (Å²) in [6.45, 7) is 0. The van der Waals surface area contributed by atoms with Crippen molar-refractivity contribution in [3.8, 4) is 0 Å². The second-order valence-corrected chi connectivity index (χ2v) is 3.69. The van der Waals surface area contributed by atoms with Crippen LogP contribution in [0.25, 0.3) is 0 Å². The summed E-state index contributed by atoms with van der Waals surface area (Å²) in [5, 5.41) is 8.85. The van der Waals surface area contributed by atoms with E-state index in [9.17, 15) is 8.42 Å². The molecule has 6 heteroatoms. The molecule has 0 amide bonds. The normalized spacial score (nSPS) is 15.7. The van der Waals surface area contributed by atoms with Crippen LogP contribution in [0.3, 0.4) is 0 Å². The van der Waals surface area contributed by atoms with Gasteiger partial charge < -0.3 is 5.11 Å². The predicted molar refractivity (Wildman–Crippen MR) is 36.1 cm³/mol. The molecule has 0 aliphatic rings. The molecule has 0 aromatic carbocycles. The zero-order valence-electron chi connectivity index (χ0n) is 5.85. The molecule has 0 bridgehead atoms. The minimum Gasteiger partial charge on any atom is -0.377 e. The largest absolute Gasteiger partial charge is 0.377 e. The van der Waals surface area contributed by atoms with Crippen LogP contribution < -0.4 is 0 Å². The molecule has 10 heavy (non-hydrogen) atoms. The number of rotatable bonds is 3. The number of nitrogens with zero attached hydrogens (tertiary/aromatic N) is 1. The fourth-order valence-corrected chi connectivity index (χ4v) is 1.01. The van der Waals surface area contributed by atoms with Crippen LogP contribution in [0.1, 0.15) is 0 Å². The maximum Gasteiger partial charge on any atom is 0.268 e. The lowest BCUT2D eigenvalue weighted by molar-refractivity contribution is 0.0593. The lowest BCUT2D eigenvalue weighted by atomic mass is 10.6. The molecule has 0 rings (SSSR count). The van der Waals surface area contributed by atoms with E-state index in [0.717, 1.165) is 0 Å². The Morgan fingerprint density at radius 1 is 1.50 bits per heavy atom. The van der Waals surface area contributed by atoms with Gasteiger partial charge in [-0.05, 0) is 14.1 Å². The minimum absolute atomic E-state index is 0.653. The highest BCUT2D eigenvalue weighted by atomic mass is 32.2. The Kier molecular flexibility index (Phi) is 3.23. The van der Waals surface area contributed by atoms with Gasteiger partial charge >= 0.3 is 0 Å². The van der Waals surface area contributed by atoms with Gasteiger partial charge in [-0.1, -0.05) is 0 Å². The number of hydrogen-bond acceptors (Lipinski definition) is 4. The number of hydrogen-bond donors (Lipinski definition) is 2. The second-order valence-electron chi connectivity index (χ2n) is 2.19. The summed E-state index contributed by atoms with van der Waals surface area (Å²) in [7, 11) is -1.04. The third kappa shape index (κ3) is 4.68. The van der Waals surface area contributed by atoms with Gasteiger partial charge in [-0.2, -0.15) is 8.42 Å². The highest BCUT2D eigenvalue weighted by Gasteiger charge is 2.14. The first-order chi connectivity index (χ1) is 4.33. The first kappa shape index (κ1) is 9.83. The van der Waals surface area contributed by atoms with Crippen molar-refractivity contribution < 1.29 is 18.1 Å². The van der Waals surface area contributed by atoms with Gasteiger partial charge in [-0.25, -0.2) is 0 Å². The van der Waals surface area contributed by atoms with Gasteiger partial charge in [0.15, 0.2) is 0 Å². The van der Waals surface area contributed by atoms with Crippen LogP contribution in [0.2, 0.25) is 0 Å². The predicted octanol–water partition coefficient (Wildman–Crippen LogP) is -1.25. The lowest BCUT2D eigenvalue weighted by Crippen LogP contribution is -2.34. The molecule has 0 aromatic heterocycles. The maximum atomic E-state index is 10.1. The van der Waals surface area contributed by atoms with E-state index < -0.39 is 22.1 Å². The zero-order chi connectivity index (χ0) is 8.36. The molecular weight excluding hydrogens is 158 g/mol. The molecule has 5 nitrogen and oxygen atoms in total. The monoisotopic (exact) mass is 169 g/mol. The number of aliphatic hydroxyl groups excluding tert-OH is 1. The molecule has 0 saturated carbocycles. The molecule has 1 unspecified atom stereocenters. The minimum atomic E-state index is -4.06. The highest BCUT2D eigenvalue weighted by Crippen LogP contribution is 1.92. The Bertz CT molecular complexity index is 185. The van der Waals surface area contributed by atoms with Crippen LogP contribution in [-0.2, 0) is 10.1 Å². The van der Waals surface area contributed by atoms with Gasteiger partial charge in [-0.3, -0.25) is 9.45 Å². The van der Waals surface area contributed by atoms with Crippen molar-refractivity contribution in [1.29, 1.82) is 0 Å². The molecule has 62 valence electrons. The van der Waals surface area contributed by atoms with Crippen LogP contribution in [0.5, 0.6) is 0 Å².